The molecule has 0 spiro atoms. The van der Waals surface area contributed by atoms with Gasteiger partial charge in [-0.25, -0.2) is 0 Å². The Morgan fingerprint density at radius 3 is 2.84 bits per heavy atom. The van der Waals surface area contributed by atoms with Gasteiger partial charge in [0.05, 0.1) is 12.9 Å². The lowest BCUT2D eigenvalue weighted by Crippen LogP contribution is -2.44. The Morgan fingerprint density at radius 1 is 1.16 bits per heavy atom. The van der Waals surface area contributed by atoms with Gasteiger partial charge in [0.2, 0.25) is 0 Å². The van der Waals surface area contributed by atoms with Crippen LogP contribution in [0.4, 0.5) is 5.69 Å². The van der Waals surface area contributed by atoms with Crippen molar-refractivity contribution in [2.45, 2.75) is 6.42 Å². The highest BCUT2D eigenvalue weighted by atomic mass is 15.2. The summed E-state index contributed by atoms with van der Waals surface area (Å²) < 4.78 is 0. The summed E-state index contributed by atoms with van der Waals surface area (Å²) in [6.45, 7) is 7.72. The summed E-state index contributed by atoms with van der Waals surface area (Å²) in [7, 11) is 0. The lowest BCUT2D eigenvalue weighted by atomic mass is 10.1. The number of benzene rings is 1. The third-order valence-electron chi connectivity index (χ3n) is 3.86. The first-order chi connectivity index (χ1) is 9.42. The molecule has 2 aliphatic rings. The van der Waals surface area contributed by atoms with E-state index >= 15 is 0 Å². The van der Waals surface area contributed by atoms with Crippen molar-refractivity contribution >= 4 is 12.0 Å². The molecule has 2 heterocycles. The van der Waals surface area contributed by atoms with Crippen molar-refractivity contribution in [2.24, 2.45) is 4.99 Å². The van der Waals surface area contributed by atoms with Crippen LogP contribution in [0.15, 0.2) is 29.3 Å². The molecular formula is C15H22N4. The summed E-state index contributed by atoms with van der Waals surface area (Å²) in [5, 5.41) is 3.40. The number of hydrogen-bond donors (Lipinski definition) is 1. The Balaban J connectivity index is 1.58. The fourth-order valence-corrected chi connectivity index (χ4v) is 2.69. The Bertz CT molecular complexity index is 438. The number of anilines is 1. The summed E-state index contributed by atoms with van der Waals surface area (Å²) in [6.07, 6.45) is 3.09. The zero-order valence-electron chi connectivity index (χ0n) is 11.4. The van der Waals surface area contributed by atoms with Crippen LogP contribution < -0.4 is 10.2 Å². The number of nitrogens with zero attached hydrogens (tertiary/aromatic N) is 3. The van der Waals surface area contributed by atoms with Crippen molar-refractivity contribution in [1.82, 2.24) is 10.2 Å². The predicted octanol–water partition coefficient (Wildman–Crippen LogP) is 0.983. The number of nitrogens with one attached hydrogen (secondary N) is 1. The molecule has 0 aromatic heterocycles. The van der Waals surface area contributed by atoms with Crippen molar-refractivity contribution in [3.8, 4) is 0 Å². The van der Waals surface area contributed by atoms with Gasteiger partial charge >= 0.3 is 0 Å². The smallest absolute Gasteiger partial charge is 0.0895 e. The van der Waals surface area contributed by atoms with Gasteiger partial charge in [-0.05, 0) is 24.1 Å². The van der Waals surface area contributed by atoms with Crippen LogP contribution in [0.1, 0.15) is 5.56 Å². The standard InChI is InChI=1S/C15H22N4/c1-2-14(4-8-18-9-5-16-6-10-18)12-15(3-1)19-11-7-17-13-19/h1-3,12-13,16H,4-11H2. The molecule has 2 aliphatic heterocycles. The molecule has 0 radical (unpaired) electrons. The maximum absolute atomic E-state index is 4.28. The van der Waals surface area contributed by atoms with Gasteiger partial charge < -0.3 is 15.1 Å². The van der Waals surface area contributed by atoms with Crippen LogP contribution in [0.25, 0.3) is 0 Å². The molecule has 1 N–H and O–H groups in total. The highest BCUT2D eigenvalue weighted by Gasteiger charge is 2.11. The van der Waals surface area contributed by atoms with E-state index in [2.05, 4.69) is 44.4 Å². The first-order valence-corrected chi connectivity index (χ1v) is 7.20. The van der Waals surface area contributed by atoms with E-state index in [4.69, 9.17) is 0 Å². The topological polar surface area (TPSA) is 30.9 Å². The molecule has 0 amide bonds. The molecule has 1 aromatic rings. The second-order valence-electron chi connectivity index (χ2n) is 5.23. The fourth-order valence-electron chi connectivity index (χ4n) is 2.69. The minimum Gasteiger partial charge on any atom is -0.331 e. The second-order valence-corrected chi connectivity index (χ2v) is 5.23. The first kappa shape index (κ1) is 12.6. The number of aliphatic imine (C=N–C) groups is 1. The molecule has 0 atom stereocenters. The average Bonchev–Trinajstić information content (AvgIpc) is 3.01. The van der Waals surface area contributed by atoms with Crippen LogP contribution in [-0.2, 0) is 6.42 Å². The van der Waals surface area contributed by atoms with E-state index < -0.39 is 0 Å². The molecule has 1 aromatic carbocycles. The number of piperazine rings is 1. The molecule has 1 saturated heterocycles. The highest BCUT2D eigenvalue weighted by molar-refractivity contribution is 5.81. The van der Waals surface area contributed by atoms with Crippen LogP contribution in [0.5, 0.6) is 0 Å². The third-order valence-corrected chi connectivity index (χ3v) is 3.86. The molecule has 0 bridgehead atoms. The van der Waals surface area contributed by atoms with E-state index in [1.54, 1.807) is 0 Å². The van der Waals surface area contributed by atoms with Crippen LogP contribution in [0.3, 0.4) is 0 Å². The lowest BCUT2D eigenvalue weighted by Gasteiger charge is -2.27. The monoisotopic (exact) mass is 258 g/mol. The van der Waals surface area contributed by atoms with Crippen molar-refractivity contribution in [3.63, 3.8) is 0 Å². The zero-order chi connectivity index (χ0) is 12.9. The molecule has 0 aliphatic carbocycles. The summed E-state index contributed by atoms with van der Waals surface area (Å²) in [5.41, 5.74) is 2.70. The molecule has 0 saturated carbocycles. The molecule has 19 heavy (non-hydrogen) atoms. The van der Waals surface area contributed by atoms with Gasteiger partial charge in [0, 0.05) is 45.0 Å². The largest absolute Gasteiger partial charge is 0.331 e. The van der Waals surface area contributed by atoms with E-state index in [9.17, 15) is 0 Å². The van der Waals surface area contributed by atoms with Crippen LogP contribution >= 0.6 is 0 Å². The Morgan fingerprint density at radius 2 is 2.05 bits per heavy atom. The quantitative estimate of drug-likeness (QED) is 0.873. The minimum atomic E-state index is 0.922. The van der Waals surface area contributed by atoms with Crippen molar-refractivity contribution in [3.05, 3.63) is 29.8 Å². The summed E-state index contributed by atoms with van der Waals surface area (Å²) in [4.78, 5) is 9.05. The number of hydrogen-bond acceptors (Lipinski definition) is 4. The van der Waals surface area contributed by atoms with E-state index in [0.717, 1.165) is 32.6 Å². The maximum Gasteiger partial charge on any atom is 0.0895 e. The average molecular weight is 258 g/mol. The summed E-state index contributed by atoms with van der Waals surface area (Å²) >= 11 is 0. The highest BCUT2D eigenvalue weighted by Crippen LogP contribution is 2.17. The second kappa shape index (κ2) is 6.17. The Labute approximate surface area is 115 Å². The van der Waals surface area contributed by atoms with Crippen LogP contribution in [0, 0.1) is 0 Å². The van der Waals surface area contributed by atoms with Gasteiger partial charge in [-0.15, -0.1) is 0 Å². The lowest BCUT2D eigenvalue weighted by molar-refractivity contribution is 0.244. The van der Waals surface area contributed by atoms with Crippen molar-refractivity contribution < 1.29 is 0 Å². The summed E-state index contributed by atoms with van der Waals surface area (Å²) in [6, 6.07) is 8.87. The van der Waals surface area contributed by atoms with E-state index in [0.29, 0.717) is 0 Å². The third kappa shape index (κ3) is 3.33. The molecule has 0 unspecified atom stereocenters. The van der Waals surface area contributed by atoms with Crippen LogP contribution in [-0.4, -0.2) is 57.1 Å². The predicted molar refractivity (Wildman–Crippen MR) is 80.2 cm³/mol. The van der Waals surface area contributed by atoms with Gasteiger partial charge in [0.15, 0.2) is 0 Å². The van der Waals surface area contributed by atoms with E-state index in [-0.39, 0.29) is 0 Å². The van der Waals surface area contributed by atoms with Crippen LogP contribution in [0.2, 0.25) is 0 Å². The fraction of sp³-hybridized carbons (Fsp3) is 0.533. The minimum absolute atomic E-state index is 0.922. The molecule has 4 nitrogen and oxygen atoms in total. The molecule has 102 valence electrons. The van der Waals surface area contributed by atoms with E-state index in [1.165, 1.54) is 30.9 Å². The molecule has 1 fully saturated rings. The van der Waals surface area contributed by atoms with Crippen molar-refractivity contribution in [2.75, 3.05) is 50.7 Å². The molecule has 3 rings (SSSR count). The van der Waals surface area contributed by atoms with Gasteiger partial charge in [0.1, 0.15) is 0 Å². The van der Waals surface area contributed by atoms with Gasteiger partial charge in [-0.2, -0.15) is 0 Å². The Kier molecular flexibility index (Phi) is 4.10. The number of rotatable bonds is 4. The Hall–Kier alpha value is -1.39. The molecular weight excluding hydrogens is 236 g/mol. The van der Waals surface area contributed by atoms with Gasteiger partial charge in [-0.1, -0.05) is 12.1 Å². The van der Waals surface area contributed by atoms with Gasteiger partial charge in [0.25, 0.3) is 0 Å². The maximum atomic E-state index is 4.28. The van der Waals surface area contributed by atoms with Crippen molar-refractivity contribution in [1.29, 1.82) is 0 Å². The normalized spacial score (nSPS) is 20.1. The summed E-state index contributed by atoms with van der Waals surface area (Å²) in [5.74, 6) is 0. The SMILES string of the molecule is C1=NCCN1c1cccc(CCN2CCNCC2)c1. The van der Waals surface area contributed by atoms with E-state index in [1.807, 2.05) is 6.34 Å². The zero-order valence-corrected chi connectivity index (χ0v) is 11.4. The first-order valence-electron chi connectivity index (χ1n) is 7.20. The molecule has 4 heteroatoms. The van der Waals surface area contributed by atoms with Gasteiger partial charge in [-0.3, -0.25) is 4.99 Å².